The van der Waals surface area contributed by atoms with Gasteiger partial charge in [0.25, 0.3) is 6.02 Å². The Labute approximate surface area is 103 Å². The van der Waals surface area contributed by atoms with Crippen molar-refractivity contribution in [1.29, 1.82) is 0 Å². The molecule has 3 aliphatic rings. The van der Waals surface area contributed by atoms with E-state index in [1.807, 2.05) is 0 Å². The van der Waals surface area contributed by atoms with Crippen molar-refractivity contribution >= 4 is 6.02 Å². The third-order valence-electron chi connectivity index (χ3n) is 3.74. The monoisotopic (exact) mass is 232 g/mol. The first-order valence-electron chi connectivity index (χ1n) is 6.74. The van der Waals surface area contributed by atoms with Gasteiger partial charge in [-0.15, -0.1) is 0 Å². The molecule has 0 amide bonds. The van der Waals surface area contributed by atoms with Gasteiger partial charge in [0.2, 0.25) is 0 Å². The Morgan fingerprint density at radius 2 is 2.24 bits per heavy atom. The summed E-state index contributed by atoms with van der Waals surface area (Å²) in [7, 11) is 0. The highest BCUT2D eigenvalue weighted by molar-refractivity contribution is 5.79. The Balaban J connectivity index is 1.61. The predicted octanol–water partition coefficient (Wildman–Crippen LogP) is 2.50. The Hall–Kier alpha value is -1.25. The number of aliphatic imine (C=N–C) groups is 1. The molecule has 0 aromatic carbocycles. The first-order valence-corrected chi connectivity index (χ1v) is 6.74. The lowest BCUT2D eigenvalue weighted by molar-refractivity contribution is 0.208. The van der Waals surface area contributed by atoms with Gasteiger partial charge < -0.3 is 9.64 Å². The third kappa shape index (κ3) is 1.99. The zero-order chi connectivity index (χ0) is 11.7. The minimum Gasteiger partial charge on any atom is -0.460 e. The molecule has 0 radical (unpaired) electrons. The van der Waals surface area contributed by atoms with E-state index in [-0.39, 0.29) is 6.04 Å². The van der Waals surface area contributed by atoms with E-state index < -0.39 is 0 Å². The van der Waals surface area contributed by atoms with Crippen molar-refractivity contribution in [1.82, 2.24) is 4.90 Å². The van der Waals surface area contributed by atoms with Gasteiger partial charge in [0, 0.05) is 0 Å². The van der Waals surface area contributed by atoms with Crippen LogP contribution in [0.4, 0.5) is 0 Å². The summed E-state index contributed by atoms with van der Waals surface area (Å²) in [5, 5.41) is 0. The molecule has 3 nitrogen and oxygen atoms in total. The molecule has 0 spiro atoms. The van der Waals surface area contributed by atoms with E-state index in [0.717, 1.165) is 12.6 Å². The van der Waals surface area contributed by atoms with Crippen LogP contribution in [0.3, 0.4) is 0 Å². The molecular weight excluding hydrogens is 212 g/mol. The highest BCUT2D eigenvalue weighted by atomic mass is 16.5. The molecule has 3 heteroatoms. The molecule has 3 unspecified atom stereocenters. The van der Waals surface area contributed by atoms with Crippen LogP contribution in [0.5, 0.6) is 0 Å². The van der Waals surface area contributed by atoms with E-state index >= 15 is 0 Å². The highest BCUT2D eigenvalue weighted by Crippen LogP contribution is 2.29. The molecule has 3 atom stereocenters. The van der Waals surface area contributed by atoms with E-state index in [2.05, 4.69) is 41.1 Å². The highest BCUT2D eigenvalue weighted by Gasteiger charge is 2.41. The van der Waals surface area contributed by atoms with Crippen molar-refractivity contribution in [3.05, 3.63) is 24.3 Å². The molecule has 1 aliphatic carbocycles. The molecule has 0 aromatic rings. The van der Waals surface area contributed by atoms with Crippen molar-refractivity contribution in [2.75, 3.05) is 6.54 Å². The van der Waals surface area contributed by atoms with Crippen LogP contribution < -0.4 is 0 Å². The number of hydrogen-bond acceptors (Lipinski definition) is 3. The maximum absolute atomic E-state index is 5.93. The summed E-state index contributed by atoms with van der Waals surface area (Å²) in [5.41, 5.74) is 0. The molecule has 1 saturated heterocycles. The lowest BCUT2D eigenvalue weighted by Gasteiger charge is -2.22. The van der Waals surface area contributed by atoms with E-state index in [1.54, 1.807) is 0 Å². The molecular formula is C14H20N2O. The van der Waals surface area contributed by atoms with Crippen LogP contribution in [0.2, 0.25) is 0 Å². The Morgan fingerprint density at radius 3 is 3.12 bits per heavy atom. The fourth-order valence-corrected chi connectivity index (χ4v) is 2.80. The minimum absolute atomic E-state index is 0.284. The molecule has 0 N–H and O–H groups in total. The molecule has 0 aromatic heterocycles. The van der Waals surface area contributed by atoms with E-state index in [0.29, 0.717) is 12.1 Å². The maximum Gasteiger partial charge on any atom is 0.289 e. The van der Waals surface area contributed by atoms with E-state index in [1.165, 1.54) is 25.7 Å². The second-order valence-corrected chi connectivity index (χ2v) is 5.05. The van der Waals surface area contributed by atoms with Gasteiger partial charge in [0.15, 0.2) is 0 Å². The smallest absolute Gasteiger partial charge is 0.289 e. The number of fused-ring (bicyclic) bond motifs is 3. The summed E-state index contributed by atoms with van der Waals surface area (Å²) >= 11 is 0. The van der Waals surface area contributed by atoms with Crippen LogP contribution in [-0.2, 0) is 4.74 Å². The van der Waals surface area contributed by atoms with Crippen molar-refractivity contribution in [3.63, 3.8) is 0 Å². The zero-order valence-electron chi connectivity index (χ0n) is 10.4. The second-order valence-electron chi connectivity index (χ2n) is 5.05. The first-order chi connectivity index (χ1) is 8.38. The third-order valence-corrected chi connectivity index (χ3v) is 3.74. The van der Waals surface area contributed by atoms with Crippen molar-refractivity contribution in [2.24, 2.45) is 4.99 Å². The molecule has 17 heavy (non-hydrogen) atoms. The first kappa shape index (κ1) is 10.9. The van der Waals surface area contributed by atoms with Gasteiger partial charge in [-0.25, -0.2) is 4.99 Å². The predicted molar refractivity (Wildman–Crippen MR) is 69.0 cm³/mol. The van der Waals surface area contributed by atoms with Gasteiger partial charge in [-0.1, -0.05) is 44.1 Å². The number of hydrogen-bond donors (Lipinski definition) is 0. The quantitative estimate of drug-likeness (QED) is 0.696. The van der Waals surface area contributed by atoms with E-state index in [4.69, 9.17) is 4.74 Å². The summed E-state index contributed by atoms with van der Waals surface area (Å²) in [6.07, 6.45) is 14.0. The number of allylic oxidation sites excluding steroid dienone is 2. The van der Waals surface area contributed by atoms with E-state index in [9.17, 15) is 0 Å². The Morgan fingerprint density at radius 1 is 1.35 bits per heavy atom. The average Bonchev–Trinajstić information content (AvgIpc) is 2.86. The molecule has 2 heterocycles. The van der Waals surface area contributed by atoms with Gasteiger partial charge >= 0.3 is 0 Å². The van der Waals surface area contributed by atoms with Crippen LogP contribution in [0.25, 0.3) is 0 Å². The zero-order valence-corrected chi connectivity index (χ0v) is 10.4. The second kappa shape index (κ2) is 4.55. The largest absolute Gasteiger partial charge is 0.460 e. The number of amidine groups is 1. The molecule has 0 bridgehead atoms. The van der Waals surface area contributed by atoms with Gasteiger partial charge in [-0.05, 0) is 12.8 Å². The van der Waals surface area contributed by atoms with Gasteiger partial charge in [-0.3, -0.25) is 0 Å². The summed E-state index contributed by atoms with van der Waals surface area (Å²) < 4.78 is 5.93. The van der Waals surface area contributed by atoms with Gasteiger partial charge in [0.05, 0.1) is 18.6 Å². The fraction of sp³-hybridized carbons (Fsp3) is 0.643. The Kier molecular flexibility index (Phi) is 2.91. The summed E-state index contributed by atoms with van der Waals surface area (Å²) in [5.74, 6) is 0. The lowest BCUT2D eigenvalue weighted by Crippen LogP contribution is -2.36. The van der Waals surface area contributed by atoms with Crippen LogP contribution in [0.1, 0.15) is 32.6 Å². The maximum atomic E-state index is 5.93. The van der Waals surface area contributed by atoms with Gasteiger partial charge in [-0.2, -0.15) is 0 Å². The van der Waals surface area contributed by atoms with Crippen molar-refractivity contribution in [2.45, 2.75) is 50.8 Å². The van der Waals surface area contributed by atoms with Crippen LogP contribution in [-0.4, -0.2) is 35.7 Å². The molecule has 1 fully saturated rings. The van der Waals surface area contributed by atoms with Crippen LogP contribution in [0, 0.1) is 0 Å². The van der Waals surface area contributed by atoms with Crippen molar-refractivity contribution in [3.8, 4) is 0 Å². The normalized spacial score (nSPS) is 33.4. The number of rotatable bonds is 4. The fourth-order valence-electron chi connectivity index (χ4n) is 2.80. The number of unbranched alkanes of at least 4 members (excludes halogenated alkanes) is 2. The SMILES string of the molecule is CCCCCC1CN2C(=NC3C=CC=CC32)O1. The number of nitrogens with zero attached hydrogens (tertiary/aromatic N) is 2. The van der Waals surface area contributed by atoms with Crippen LogP contribution >= 0.6 is 0 Å². The average molecular weight is 232 g/mol. The summed E-state index contributed by atoms with van der Waals surface area (Å²) in [4.78, 5) is 6.95. The minimum atomic E-state index is 0.284. The summed E-state index contributed by atoms with van der Waals surface area (Å²) in [6, 6.07) is 1.57. The number of ether oxygens (including phenoxy) is 1. The molecule has 0 saturated carbocycles. The molecule has 2 aliphatic heterocycles. The molecule has 3 rings (SSSR count). The van der Waals surface area contributed by atoms with Crippen molar-refractivity contribution < 1.29 is 4.74 Å². The lowest BCUT2D eigenvalue weighted by atomic mass is 10.0. The van der Waals surface area contributed by atoms with Crippen LogP contribution in [0.15, 0.2) is 29.3 Å². The molecule has 92 valence electrons. The Bertz CT molecular complexity index is 372. The standard InChI is InChI=1S/C14H20N2O/c1-2-3-4-7-11-10-16-13-9-6-5-8-12(13)15-14(16)17-11/h5-6,8-9,11-13H,2-4,7,10H2,1H3. The van der Waals surface area contributed by atoms with Gasteiger partial charge in [0.1, 0.15) is 6.10 Å². The topological polar surface area (TPSA) is 24.8 Å². The summed E-state index contributed by atoms with van der Waals surface area (Å²) in [6.45, 7) is 3.25.